The third-order valence-corrected chi connectivity index (χ3v) is 10.2. The molecule has 3 aromatic rings. The van der Waals surface area contributed by atoms with Gasteiger partial charge in [0.05, 0.1) is 24.1 Å². The summed E-state index contributed by atoms with van der Waals surface area (Å²) >= 11 is 0. The van der Waals surface area contributed by atoms with E-state index in [4.69, 9.17) is 9.72 Å². The molecule has 4 atom stereocenters. The normalized spacial score (nSPS) is 26.1. The number of anilines is 1. The van der Waals surface area contributed by atoms with E-state index in [1.165, 1.54) is 17.2 Å². The summed E-state index contributed by atoms with van der Waals surface area (Å²) in [5.74, 6) is 0.334. The summed E-state index contributed by atoms with van der Waals surface area (Å²) in [7, 11) is 0. The molecular formula is C35H38F2N6O2. The molecule has 4 heterocycles. The van der Waals surface area contributed by atoms with Crippen molar-refractivity contribution < 1.29 is 18.3 Å². The number of alkyl halides is 1. The van der Waals surface area contributed by atoms with Crippen LogP contribution < -0.4 is 9.64 Å². The van der Waals surface area contributed by atoms with Crippen LogP contribution in [0.15, 0.2) is 43.0 Å². The lowest BCUT2D eigenvalue weighted by Gasteiger charge is -2.41. The molecule has 3 aliphatic heterocycles. The highest BCUT2D eigenvalue weighted by Gasteiger charge is 2.49. The van der Waals surface area contributed by atoms with E-state index in [1.807, 2.05) is 29.2 Å². The Morgan fingerprint density at radius 2 is 2.04 bits per heavy atom. The van der Waals surface area contributed by atoms with Crippen molar-refractivity contribution in [3.05, 3.63) is 59.9 Å². The van der Waals surface area contributed by atoms with E-state index in [2.05, 4.69) is 35.5 Å². The van der Waals surface area contributed by atoms with Crippen molar-refractivity contribution in [2.24, 2.45) is 5.92 Å². The third kappa shape index (κ3) is 5.21. The van der Waals surface area contributed by atoms with Crippen molar-refractivity contribution in [2.45, 2.75) is 63.2 Å². The van der Waals surface area contributed by atoms with E-state index in [0.29, 0.717) is 55.3 Å². The fraction of sp³-hybridized carbons (Fsp3) is 0.486. The van der Waals surface area contributed by atoms with Gasteiger partial charge < -0.3 is 14.5 Å². The maximum atomic E-state index is 16.7. The Bertz CT molecular complexity index is 1710. The molecule has 4 aliphatic rings. The quantitative estimate of drug-likeness (QED) is 0.338. The lowest BCUT2D eigenvalue weighted by molar-refractivity contribution is -0.128. The number of ether oxygens (including phenoxy) is 1. The van der Waals surface area contributed by atoms with Crippen LogP contribution in [0.4, 0.5) is 14.6 Å². The Morgan fingerprint density at radius 1 is 1.18 bits per heavy atom. The van der Waals surface area contributed by atoms with Gasteiger partial charge in [0.2, 0.25) is 5.91 Å². The zero-order valence-electron chi connectivity index (χ0n) is 25.6. The van der Waals surface area contributed by atoms with Crippen molar-refractivity contribution in [2.75, 3.05) is 44.2 Å². The van der Waals surface area contributed by atoms with E-state index in [0.717, 1.165) is 37.8 Å². The molecule has 0 N–H and O–H groups in total. The number of carbonyl (C=O) groups is 1. The van der Waals surface area contributed by atoms with Gasteiger partial charge in [-0.3, -0.25) is 9.69 Å². The first kappa shape index (κ1) is 29.6. The molecule has 3 saturated heterocycles. The minimum Gasteiger partial charge on any atom is -0.461 e. The molecular weight excluding hydrogens is 574 g/mol. The van der Waals surface area contributed by atoms with Gasteiger partial charge in [-0.05, 0) is 67.0 Å². The van der Waals surface area contributed by atoms with Gasteiger partial charge in [0.25, 0.3) is 0 Å². The zero-order chi connectivity index (χ0) is 31.3. The SMILES string of the molecule is C=CC(=O)N1CCN(c2nc(OC[C@@]34CCCN3C[C@H](F)C4)nc3c(F)c(-c4cccc5c4C[C@H](C)C5)ccc23)C[C@@H]1CC#N. The first-order chi connectivity index (χ1) is 21.8. The topological polar surface area (TPSA) is 85.6 Å². The average Bonchev–Trinajstić information content (AvgIpc) is 3.70. The minimum absolute atomic E-state index is 0.0467. The number of carbonyl (C=O) groups excluding carboxylic acids is 1. The van der Waals surface area contributed by atoms with Crippen molar-refractivity contribution in [3.8, 4) is 23.2 Å². The fourth-order valence-corrected chi connectivity index (χ4v) is 8.14. The van der Waals surface area contributed by atoms with Crippen LogP contribution in [0.3, 0.4) is 0 Å². The number of nitrogens with zero attached hydrogens (tertiary/aromatic N) is 6. The van der Waals surface area contributed by atoms with E-state index in [1.54, 1.807) is 4.90 Å². The largest absolute Gasteiger partial charge is 0.461 e. The summed E-state index contributed by atoms with van der Waals surface area (Å²) < 4.78 is 37.5. The van der Waals surface area contributed by atoms with Gasteiger partial charge in [-0.1, -0.05) is 37.8 Å². The van der Waals surface area contributed by atoms with Crippen LogP contribution >= 0.6 is 0 Å². The Labute approximate surface area is 262 Å². The number of halogens is 2. The molecule has 10 heteroatoms. The predicted molar refractivity (Wildman–Crippen MR) is 168 cm³/mol. The maximum absolute atomic E-state index is 16.7. The summed E-state index contributed by atoms with van der Waals surface area (Å²) in [5.41, 5.74) is 3.56. The standard InChI is InChI=1S/C35H38F2N6O2/c1-3-30(44)43-15-14-41(20-25(43)10-12-38)33-28-9-8-27(26-7-4-6-23-16-22(2)17-29(23)26)31(37)32(28)39-34(40-33)45-21-35-11-5-13-42(35)19-24(36)18-35/h3-4,6-9,22,24-25H,1,5,10-11,13-21H2,2H3/t22-,24-,25+,35+/m1/s1. The Balaban J connectivity index is 1.30. The first-order valence-electron chi connectivity index (χ1n) is 16.0. The van der Waals surface area contributed by atoms with Crippen LogP contribution in [0.2, 0.25) is 0 Å². The minimum atomic E-state index is -0.899. The molecule has 0 unspecified atom stereocenters. The van der Waals surface area contributed by atoms with Crippen molar-refractivity contribution in [1.82, 2.24) is 19.8 Å². The van der Waals surface area contributed by atoms with Gasteiger partial charge in [0.1, 0.15) is 24.1 Å². The molecule has 0 radical (unpaired) electrons. The molecule has 2 aromatic carbocycles. The van der Waals surface area contributed by atoms with Crippen LogP contribution in [0, 0.1) is 23.1 Å². The number of nitriles is 1. The molecule has 8 nitrogen and oxygen atoms in total. The summed E-state index contributed by atoms with van der Waals surface area (Å²) in [4.78, 5) is 27.8. The smallest absolute Gasteiger partial charge is 0.319 e. The lowest BCUT2D eigenvalue weighted by Crippen LogP contribution is -2.55. The first-order valence-corrected chi connectivity index (χ1v) is 16.0. The van der Waals surface area contributed by atoms with Gasteiger partial charge in [-0.25, -0.2) is 8.78 Å². The molecule has 1 aromatic heterocycles. The monoisotopic (exact) mass is 612 g/mol. The Kier molecular flexibility index (Phi) is 7.68. The number of hydrogen-bond donors (Lipinski definition) is 0. The predicted octanol–water partition coefficient (Wildman–Crippen LogP) is 5.24. The highest BCUT2D eigenvalue weighted by atomic mass is 19.1. The number of amides is 1. The number of aromatic nitrogens is 2. The van der Waals surface area contributed by atoms with Crippen LogP contribution in [0.1, 0.15) is 43.7 Å². The second kappa shape index (κ2) is 11.7. The average molecular weight is 613 g/mol. The molecule has 234 valence electrons. The Hall–Kier alpha value is -4.10. The number of benzene rings is 2. The Morgan fingerprint density at radius 3 is 2.87 bits per heavy atom. The third-order valence-electron chi connectivity index (χ3n) is 10.2. The van der Waals surface area contributed by atoms with Crippen LogP contribution in [-0.2, 0) is 17.6 Å². The summed E-state index contributed by atoms with van der Waals surface area (Å²) in [6.45, 7) is 8.43. The molecule has 0 bridgehead atoms. The lowest BCUT2D eigenvalue weighted by atomic mass is 9.95. The van der Waals surface area contributed by atoms with Crippen LogP contribution in [0.25, 0.3) is 22.0 Å². The van der Waals surface area contributed by atoms with Crippen LogP contribution in [0.5, 0.6) is 6.01 Å². The van der Waals surface area contributed by atoms with Gasteiger partial charge in [-0.15, -0.1) is 0 Å². The van der Waals surface area contributed by atoms with Crippen LogP contribution in [-0.4, -0.2) is 82.8 Å². The highest BCUT2D eigenvalue weighted by molar-refractivity contribution is 5.94. The zero-order valence-corrected chi connectivity index (χ0v) is 25.6. The van der Waals surface area contributed by atoms with E-state index < -0.39 is 17.5 Å². The molecule has 3 fully saturated rings. The molecule has 0 spiro atoms. The summed E-state index contributed by atoms with van der Waals surface area (Å²) in [5, 5.41) is 10.1. The molecule has 1 amide bonds. The van der Waals surface area contributed by atoms with E-state index in [-0.39, 0.29) is 36.5 Å². The second-order valence-electron chi connectivity index (χ2n) is 13.2. The molecule has 7 rings (SSSR count). The number of piperazine rings is 1. The number of hydrogen-bond acceptors (Lipinski definition) is 7. The van der Waals surface area contributed by atoms with Crippen molar-refractivity contribution in [3.63, 3.8) is 0 Å². The fourth-order valence-electron chi connectivity index (χ4n) is 8.14. The van der Waals surface area contributed by atoms with E-state index in [9.17, 15) is 14.4 Å². The van der Waals surface area contributed by atoms with Gasteiger partial charge in [0.15, 0.2) is 5.82 Å². The van der Waals surface area contributed by atoms with Gasteiger partial charge in [0, 0.05) is 43.5 Å². The summed E-state index contributed by atoms with van der Waals surface area (Å²) in [6, 6.07) is 11.6. The maximum Gasteiger partial charge on any atom is 0.319 e. The van der Waals surface area contributed by atoms with Crippen molar-refractivity contribution >= 4 is 22.6 Å². The van der Waals surface area contributed by atoms with Gasteiger partial charge in [-0.2, -0.15) is 15.2 Å². The number of rotatable bonds is 7. The molecule has 1 aliphatic carbocycles. The molecule has 45 heavy (non-hydrogen) atoms. The van der Waals surface area contributed by atoms with Crippen molar-refractivity contribution in [1.29, 1.82) is 5.26 Å². The van der Waals surface area contributed by atoms with E-state index >= 15 is 4.39 Å². The summed E-state index contributed by atoms with van der Waals surface area (Å²) in [6.07, 6.45) is 4.59. The molecule has 0 saturated carbocycles. The second-order valence-corrected chi connectivity index (χ2v) is 13.2. The van der Waals surface area contributed by atoms with Gasteiger partial charge >= 0.3 is 6.01 Å². The number of fused-ring (bicyclic) bond motifs is 3. The highest BCUT2D eigenvalue weighted by Crippen LogP contribution is 2.42.